The molecule has 0 aromatic heterocycles. The minimum absolute atomic E-state index is 0.0514. The van der Waals surface area contributed by atoms with Crippen LogP contribution in [0.15, 0.2) is 0 Å². The smallest absolute Gasteiger partial charge is 0.342 e. The van der Waals surface area contributed by atoms with Crippen molar-refractivity contribution >= 4 is 5.97 Å². The standard InChI is InChI=1S/C6H8F2O3/c7-6(8)3-1-2-5(6,11)4(9)10/h11H,1-3H2,(H,9,10). The van der Waals surface area contributed by atoms with Gasteiger partial charge in [0.05, 0.1) is 0 Å². The van der Waals surface area contributed by atoms with Crippen LogP contribution in [0.25, 0.3) is 0 Å². The third-order valence-electron chi connectivity index (χ3n) is 1.99. The molecule has 0 radical (unpaired) electrons. The topological polar surface area (TPSA) is 57.5 Å². The molecule has 3 nitrogen and oxygen atoms in total. The Kier molecular flexibility index (Phi) is 1.63. The summed E-state index contributed by atoms with van der Waals surface area (Å²) in [6, 6.07) is 0. The van der Waals surface area contributed by atoms with E-state index in [9.17, 15) is 13.6 Å². The number of alkyl halides is 2. The molecule has 0 spiro atoms. The van der Waals surface area contributed by atoms with Gasteiger partial charge in [-0.2, -0.15) is 0 Å². The first-order valence-electron chi connectivity index (χ1n) is 3.24. The van der Waals surface area contributed by atoms with Gasteiger partial charge in [0.2, 0.25) is 5.60 Å². The molecule has 64 valence electrons. The minimum atomic E-state index is -3.47. The van der Waals surface area contributed by atoms with Crippen molar-refractivity contribution in [2.24, 2.45) is 0 Å². The number of halogens is 2. The highest BCUT2D eigenvalue weighted by molar-refractivity contribution is 5.79. The highest BCUT2D eigenvalue weighted by Gasteiger charge is 2.61. The summed E-state index contributed by atoms with van der Waals surface area (Å²) in [7, 11) is 0. The lowest BCUT2D eigenvalue weighted by molar-refractivity contribution is -0.195. The Bertz CT molecular complexity index is 192. The van der Waals surface area contributed by atoms with E-state index in [4.69, 9.17) is 10.2 Å². The molecule has 1 rings (SSSR count). The molecule has 0 bridgehead atoms. The second-order valence-corrected chi connectivity index (χ2v) is 2.72. The van der Waals surface area contributed by atoms with Crippen LogP contribution >= 0.6 is 0 Å². The summed E-state index contributed by atoms with van der Waals surface area (Å²) < 4.78 is 25.2. The zero-order chi connectivity index (χ0) is 8.70. The fraction of sp³-hybridized carbons (Fsp3) is 0.833. The highest BCUT2D eigenvalue weighted by Crippen LogP contribution is 2.43. The van der Waals surface area contributed by atoms with Gasteiger partial charge in [0.15, 0.2) is 0 Å². The van der Waals surface area contributed by atoms with Crippen LogP contribution in [0.1, 0.15) is 19.3 Å². The van der Waals surface area contributed by atoms with Crippen molar-refractivity contribution in [2.45, 2.75) is 30.8 Å². The van der Waals surface area contributed by atoms with Crippen molar-refractivity contribution in [2.75, 3.05) is 0 Å². The van der Waals surface area contributed by atoms with Crippen LogP contribution in [0.2, 0.25) is 0 Å². The van der Waals surface area contributed by atoms with Crippen molar-refractivity contribution in [3.05, 3.63) is 0 Å². The first-order valence-corrected chi connectivity index (χ1v) is 3.24. The maximum Gasteiger partial charge on any atom is 0.342 e. The van der Waals surface area contributed by atoms with E-state index in [1.165, 1.54) is 0 Å². The number of carboxylic acid groups (broad SMARTS) is 1. The molecule has 0 aromatic rings. The van der Waals surface area contributed by atoms with Crippen molar-refractivity contribution in [3.63, 3.8) is 0 Å². The lowest BCUT2D eigenvalue weighted by atomic mass is 10.00. The molecular weight excluding hydrogens is 158 g/mol. The number of hydrogen-bond donors (Lipinski definition) is 2. The molecule has 2 N–H and O–H groups in total. The van der Waals surface area contributed by atoms with E-state index in [1.807, 2.05) is 0 Å². The van der Waals surface area contributed by atoms with Gasteiger partial charge in [-0.3, -0.25) is 0 Å². The molecule has 0 amide bonds. The third kappa shape index (κ3) is 0.994. The van der Waals surface area contributed by atoms with Crippen LogP contribution in [-0.4, -0.2) is 27.7 Å². The highest BCUT2D eigenvalue weighted by atomic mass is 19.3. The average molecular weight is 166 g/mol. The second-order valence-electron chi connectivity index (χ2n) is 2.72. The van der Waals surface area contributed by atoms with Gasteiger partial charge >= 0.3 is 5.97 Å². The van der Waals surface area contributed by atoms with Crippen LogP contribution in [0.4, 0.5) is 8.78 Å². The van der Waals surface area contributed by atoms with Crippen LogP contribution in [0, 0.1) is 0 Å². The monoisotopic (exact) mass is 166 g/mol. The molecule has 1 aliphatic carbocycles. The maximum atomic E-state index is 12.6. The molecule has 0 saturated heterocycles. The number of aliphatic carboxylic acids is 1. The Hall–Kier alpha value is -0.710. The molecule has 1 fully saturated rings. The Balaban J connectivity index is 2.93. The Labute approximate surface area is 61.6 Å². The predicted octanol–water partition coefficient (Wildman–Crippen LogP) is 0.621. The largest absolute Gasteiger partial charge is 0.479 e. The van der Waals surface area contributed by atoms with Crippen LogP contribution in [-0.2, 0) is 4.79 Å². The molecule has 1 saturated carbocycles. The average Bonchev–Trinajstić information content (AvgIpc) is 2.09. The van der Waals surface area contributed by atoms with Crippen LogP contribution in [0.5, 0.6) is 0 Å². The van der Waals surface area contributed by atoms with E-state index in [2.05, 4.69) is 0 Å². The van der Waals surface area contributed by atoms with E-state index < -0.39 is 23.9 Å². The molecule has 11 heavy (non-hydrogen) atoms. The van der Waals surface area contributed by atoms with E-state index in [0.29, 0.717) is 0 Å². The van der Waals surface area contributed by atoms with Gasteiger partial charge in [0.25, 0.3) is 5.92 Å². The van der Waals surface area contributed by atoms with Gasteiger partial charge in [-0.05, 0) is 12.8 Å². The quantitative estimate of drug-likeness (QED) is 0.600. The number of carbonyl (C=O) groups is 1. The zero-order valence-electron chi connectivity index (χ0n) is 5.68. The molecule has 1 aliphatic rings. The lowest BCUT2D eigenvalue weighted by Crippen LogP contribution is -2.50. The van der Waals surface area contributed by atoms with Gasteiger partial charge in [0.1, 0.15) is 0 Å². The van der Waals surface area contributed by atoms with Crippen molar-refractivity contribution in [1.82, 2.24) is 0 Å². The first-order chi connectivity index (χ1) is 4.90. The number of aliphatic hydroxyl groups is 1. The Morgan fingerprint density at radius 1 is 1.36 bits per heavy atom. The molecule has 0 aromatic carbocycles. The molecule has 1 atom stereocenters. The predicted molar refractivity (Wildman–Crippen MR) is 31.4 cm³/mol. The van der Waals surface area contributed by atoms with Crippen LogP contribution in [0.3, 0.4) is 0 Å². The summed E-state index contributed by atoms with van der Waals surface area (Å²) >= 11 is 0. The minimum Gasteiger partial charge on any atom is -0.479 e. The summed E-state index contributed by atoms with van der Waals surface area (Å²) in [6.07, 6.45) is -0.860. The molecule has 0 heterocycles. The van der Waals surface area contributed by atoms with Crippen molar-refractivity contribution in [3.8, 4) is 0 Å². The van der Waals surface area contributed by atoms with Gasteiger partial charge in [-0.1, -0.05) is 0 Å². The SMILES string of the molecule is O=C(O)C1(O)CCCC1(F)F. The summed E-state index contributed by atoms with van der Waals surface area (Å²) in [4.78, 5) is 10.2. The molecule has 0 aliphatic heterocycles. The van der Waals surface area contributed by atoms with E-state index >= 15 is 0 Å². The van der Waals surface area contributed by atoms with Gasteiger partial charge in [0, 0.05) is 6.42 Å². The Morgan fingerprint density at radius 3 is 2.09 bits per heavy atom. The van der Waals surface area contributed by atoms with Gasteiger partial charge < -0.3 is 10.2 Å². The normalized spacial score (nSPS) is 35.5. The fourth-order valence-electron chi connectivity index (χ4n) is 1.22. The van der Waals surface area contributed by atoms with Gasteiger partial charge in [-0.25, -0.2) is 13.6 Å². The molecule has 1 unspecified atom stereocenters. The summed E-state index contributed by atoms with van der Waals surface area (Å²) in [5, 5.41) is 17.2. The number of rotatable bonds is 1. The van der Waals surface area contributed by atoms with Crippen molar-refractivity contribution in [1.29, 1.82) is 0 Å². The van der Waals surface area contributed by atoms with Gasteiger partial charge in [-0.15, -0.1) is 0 Å². The summed E-state index contributed by atoms with van der Waals surface area (Å²) in [5.74, 6) is -5.31. The molecule has 5 heteroatoms. The first kappa shape index (κ1) is 8.39. The van der Waals surface area contributed by atoms with E-state index in [0.717, 1.165) is 0 Å². The Morgan fingerprint density at radius 2 is 1.91 bits per heavy atom. The molecular formula is C6H8F2O3. The zero-order valence-corrected chi connectivity index (χ0v) is 5.68. The number of carboxylic acids is 1. The van der Waals surface area contributed by atoms with E-state index in [1.54, 1.807) is 0 Å². The third-order valence-corrected chi connectivity index (χ3v) is 1.99. The van der Waals surface area contributed by atoms with Crippen molar-refractivity contribution < 1.29 is 23.8 Å². The summed E-state index contributed by atoms with van der Waals surface area (Å²) in [5.41, 5.74) is -2.83. The maximum absolute atomic E-state index is 12.6. The summed E-state index contributed by atoms with van der Waals surface area (Å²) in [6.45, 7) is 0. The van der Waals surface area contributed by atoms with Crippen LogP contribution < -0.4 is 0 Å². The lowest BCUT2D eigenvalue weighted by Gasteiger charge is -2.24. The van der Waals surface area contributed by atoms with E-state index in [-0.39, 0.29) is 12.8 Å². The second kappa shape index (κ2) is 2.14. The fourth-order valence-corrected chi connectivity index (χ4v) is 1.22. The number of hydrogen-bond acceptors (Lipinski definition) is 2.